The molecule has 0 saturated heterocycles. The van der Waals surface area contributed by atoms with Crippen LogP contribution < -0.4 is 9.47 Å². The van der Waals surface area contributed by atoms with Crippen LogP contribution in [0.25, 0.3) is 6.08 Å². The Labute approximate surface area is 160 Å². The molecular weight excluding hydrogens is 360 g/mol. The van der Waals surface area contributed by atoms with Crippen molar-refractivity contribution >= 4 is 23.2 Å². The van der Waals surface area contributed by atoms with Crippen LogP contribution in [-0.2, 0) is 13.1 Å². The summed E-state index contributed by atoms with van der Waals surface area (Å²) in [5.41, 5.74) is 2.35. The fourth-order valence-electron chi connectivity index (χ4n) is 3.34. The van der Waals surface area contributed by atoms with E-state index in [0.29, 0.717) is 30.3 Å². The molecule has 0 aliphatic carbocycles. The number of ketones is 1. The summed E-state index contributed by atoms with van der Waals surface area (Å²) >= 11 is 1.73. The first-order chi connectivity index (χ1) is 13.3. The lowest BCUT2D eigenvalue weighted by Gasteiger charge is -2.29. The summed E-state index contributed by atoms with van der Waals surface area (Å²) in [5, 5.41) is 2.07. The lowest BCUT2D eigenvalue weighted by atomic mass is 10.0. The molecule has 0 amide bonds. The van der Waals surface area contributed by atoms with Crippen LogP contribution in [0.5, 0.6) is 11.5 Å². The average Bonchev–Trinajstić information content (AvgIpc) is 3.31. The molecule has 2 aliphatic heterocycles. The van der Waals surface area contributed by atoms with Gasteiger partial charge in [0.1, 0.15) is 18.2 Å². The Morgan fingerprint density at radius 2 is 2.19 bits per heavy atom. The predicted octanol–water partition coefficient (Wildman–Crippen LogP) is 4.11. The van der Waals surface area contributed by atoms with Crippen molar-refractivity contribution in [2.24, 2.45) is 0 Å². The molecule has 27 heavy (non-hydrogen) atoms. The Balaban J connectivity index is 1.45. The number of benzene rings is 1. The third-order valence-corrected chi connectivity index (χ3v) is 5.49. The molecule has 2 aliphatic rings. The number of fused-ring (bicyclic) bond motifs is 3. The van der Waals surface area contributed by atoms with E-state index in [1.54, 1.807) is 35.9 Å². The topological polar surface area (TPSA) is 51.7 Å². The first-order valence-corrected chi connectivity index (χ1v) is 9.53. The van der Waals surface area contributed by atoms with Gasteiger partial charge in [-0.15, -0.1) is 11.3 Å². The van der Waals surface area contributed by atoms with Crippen LogP contribution >= 0.6 is 11.3 Å². The van der Waals surface area contributed by atoms with Gasteiger partial charge in [0.15, 0.2) is 5.76 Å². The van der Waals surface area contributed by atoms with Gasteiger partial charge in [0, 0.05) is 30.4 Å². The standard InChI is InChI=1S/C21H16N2O3S/c24-20-16-5-6-18-17(12-23(13-25-18)11-15-4-2-8-27-15)21(16)26-19(20)9-14-3-1-7-22-10-14/h1-10H,11-13H2. The maximum Gasteiger partial charge on any atom is 0.231 e. The van der Waals surface area contributed by atoms with Crippen LogP contribution in [0.2, 0.25) is 0 Å². The van der Waals surface area contributed by atoms with E-state index in [2.05, 4.69) is 21.3 Å². The summed E-state index contributed by atoms with van der Waals surface area (Å²) in [6, 6.07) is 11.5. The highest BCUT2D eigenvalue weighted by atomic mass is 32.1. The fraction of sp³-hybridized carbons (Fsp3) is 0.143. The molecule has 0 bridgehead atoms. The van der Waals surface area contributed by atoms with Gasteiger partial charge in [-0.05, 0) is 41.3 Å². The van der Waals surface area contributed by atoms with Gasteiger partial charge in [-0.1, -0.05) is 12.1 Å². The van der Waals surface area contributed by atoms with Crippen LogP contribution in [0.3, 0.4) is 0 Å². The molecule has 5 nitrogen and oxygen atoms in total. The van der Waals surface area contributed by atoms with E-state index in [9.17, 15) is 4.79 Å². The number of rotatable bonds is 3. The second-order valence-electron chi connectivity index (χ2n) is 6.48. The number of pyridine rings is 1. The van der Waals surface area contributed by atoms with E-state index in [0.717, 1.165) is 23.4 Å². The van der Waals surface area contributed by atoms with Gasteiger partial charge in [-0.25, -0.2) is 0 Å². The third kappa shape index (κ3) is 3.03. The molecule has 2 aromatic heterocycles. The van der Waals surface area contributed by atoms with Crippen molar-refractivity contribution in [1.29, 1.82) is 0 Å². The number of carbonyl (C=O) groups excluding carboxylic acids is 1. The van der Waals surface area contributed by atoms with E-state index >= 15 is 0 Å². The molecule has 6 heteroatoms. The lowest BCUT2D eigenvalue weighted by Crippen LogP contribution is -2.31. The van der Waals surface area contributed by atoms with Gasteiger partial charge in [-0.2, -0.15) is 0 Å². The monoisotopic (exact) mass is 376 g/mol. The summed E-state index contributed by atoms with van der Waals surface area (Å²) in [5.74, 6) is 1.61. The smallest absolute Gasteiger partial charge is 0.231 e. The second-order valence-corrected chi connectivity index (χ2v) is 7.52. The van der Waals surface area contributed by atoms with E-state index in [4.69, 9.17) is 9.47 Å². The Morgan fingerprint density at radius 1 is 1.22 bits per heavy atom. The molecule has 5 rings (SSSR count). The summed E-state index contributed by atoms with van der Waals surface area (Å²) in [6.45, 7) is 2.02. The summed E-state index contributed by atoms with van der Waals surface area (Å²) in [6.07, 6.45) is 5.13. The van der Waals surface area contributed by atoms with Crippen molar-refractivity contribution in [1.82, 2.24) is 9.88 Å². The van der Waals surface area contributed by atoms with Crippen molar-refractivity contribution in [2.45, 2.75) is 13.1 Å². The number of thiophene rings is 1. The third-order valence-electron chi connectivity index (χ3n) is 4.62. The molecular formula is C21H16N2O3S. The zero-order chi connectivity index (χ0) is 18.2. The van der Waals surface area contributed by atoms with Gasteiger partial charge in [0.25, 0.3) is 0 Å². The minimum atomic E-state index is -0.105. The maximum absolute atomic E-state index is 12.8. The molecule has 4 heterocycles. The Bertz CT molecular complexity index is 1030. The first-order valence-electron chi connectivity index (χ1n) is 8.65. The minimum Gasteiger partial charge on any atom is -0.478 e. The van der Waals surface area contributed by atoms with E-state index in [-0.39, 0.29) is 5.78 Å². The molecule has 0 fully saturated rings. The van der Waals surface area contributed by atoms with Crippen LogP contribution in [0, 0.1) is 0 Å². The Kier molecular flexibility index (Phi) is 3.99. The van der Waals surface area contributed by atoms with Crippen molar-refractivity contribution < 1.29 is 14.3 Å². The average molecular weight is 376 g/mol. The molecule has 3 aromatic rings. The number of ether oxygens (including phenoxy) is 2. The number of aromatic nitrogens is 1. The SMILES string of the molecule is O=C1C(=Cc2cccnc2)Oc2c1ccc1c2CN(Cc2cccs2)CO1. The highest BCUT2D eigenvalue weighted by Gasteiger charge is 2.33. The van der Waals surface area contributed by atoms with Gasteiger partial charge in [-0.3, -0.25) is 14.7 Å². The molecule has 0 radical (unpaired) electrons. The lowest BCUT2D eigenvalue weighted by molar-refractivity contribution is 0.0882. The van der Waals surface area contributed by atoms with Gasteiger partial charge in [0.2, 0.25) is 5.78 Å². The molecule has 1 aromatic carbocycles. The fourth-order valence-corrected chi connectivity index (χ4v) is 4.09. The zero-order valence-electron chi connectivity index (χ0n) is 14.4. The maximum atomic E-state index is 12.8. The summed E-state index contributed by atoms with van der Waals surface area (Å²) in [7, 11) is 0. The van der Waals surface area contributed by atoms with E-state index in [1.807, 2.05) is 24.3 Å². The van der Waals surface area contributed by atoms with Gasteiger partial charge < -0.3 is 9.47 Å². The predicted molar refractivity (Wildman–Crippen MR) is 103 cm³/mol. The number of Topliss-reactive ketones (excluding diaryl/α,β-unsaturated/α-hetero) is 1. The quantitative estimate of drug-likeness (QED) is 0.644. The number of allylic oxidation sites excluding steroid dienone is 1. The normalized spacial score (nSPS) is 17.3. The summed E-state index contributed by atoms with van der Waals surface area (Å²) in [4.78, 5) is 20.3. The van der Waals surface area contributed by atoms with Crippen LogP contribution in [0.1, 0.15) is 26.4 Å². The highest BCUT2D eigenvalue weighted by Crippen LogP contribution is 2.42. The minimum absolute atomic E-state index is 0.105. The van der Waals surface area contributed by atoms with Crippen LogP contribution in [0.15, 0.2) is 59.9 Å². The Morgan fingerprint density at radius 3 is 3.00 bits per heavy atom. The molecule has 0 spiro atoms. The Hall–Kier alpha value is -2.96. The highest BCUT2D eigenvalue weighted by molar-refractivity contribution is 7.09. The van der Waals surface area contributed by atoms with Gasteiger partial charge in [0.05, 0.1) is 11.1 Å². The van der Waals surface area contributed by atoms with Crippen molar-refractivity contribution in [3.63, 3.8) is 0 Å². The van der Waals surface area contributed by atoms with Crippen LogP contribution in [-0.4, -0.2) is 22.4 Å². The zero-order valence-corrected chi connectivity index (χ0v) is 15.2. The molecule has 0 atom stereocenters. The molecule has 134 valence electrons. The van der Waals surface area contributed by atoms with Gasteiger partial charge >= 0.3 is 0 Å². The number of carbonyl (C=O) groups is 1. The van der Waals surface area contributed by atoms with Crippen molar-refractivity contribution in [2.75, 3.05) is 6.73 Å². The largest absolute Gasteiger partial charge is 0.478 e. The number of hydrogen-bond acceptors (Lipinski definition) is 6. The van der Waals surface area contributed by atoms with E-state index < -0.39 is 0 Å². The second kappa shape index (κ2) is 6.64. The summed E-state index contributed by atoms with van der Waals surface area (Å²) < 4.78 is 11.9. The first kappa shape index (κ1) is 16.2. The van der Waals surface area contributed by atoms with Crippen molar-refractivity contribution in [3.05, 3.63) is 81.5 Å². The van der Waals surface area contributed by atoms with Crippen molar-refractivity contribution in [3.8, 4) is 11.5 Å². The number of hydrogen-bond donors (Lipinski definition) is 0. The molecule has 0 unspecified atom stereocenters. The van der Waals surface area contributed by atoms with E-state index in [1.165, 1.54) is 4.88 Å². The molecule has 0 N–H and O–H groups in total. The molecule has 0 saturated carbocycles. The number of nitrogens with zero attached hydrogens (tertiary/aromatic N) is 2. The van der Waals surface area contributed by atoms with Crippen LogP contribution in [0.4, 0.5) is 0 Å².